The van der Waals surface area contributed by atoms with Crippen LogP contribution < -0.4 is 10.2 Å². The molecule has 6 heteroatoms. The molecule has 17 heavy (non-hydrogen) atoms. The van der Waals surface area contributed by atoms with Crippen molar-refractivity contribution in [2.24, 2.45) is 5.92 Å². The molecule has 1 aliphatic heterocycles. The minimum atomic E-state index is 0.248. The fraction of sp³-hybridized carbons (Fsp3) is 0.636. The molecular formula is C11H17BrN4O. The fourth-order valence-electron chi connectivity index (χ4n) is 2.16. The fourth-order valence-corrected chi connectivity index (χ4v) is 2.82. The third-order valence-corrected chi connectivity index (χ3v) is 3.81. The number of hydrogen-bond donors (Lipinski definition) is 2. The van der Waals surface area contributed by atoms with Gasteiger partial charge in [-0.15, -0.1) is 0 Å². The van der Waals surface area contributed by atoms with Crippen LogP contribution in [0.5, 0.6) is 0 Å². The lowest BCUT2D eigenvalue weighted by Crippen LogP contribution is -2.37. The molecule has 1 fully saturated rings. The number of piperidine rings is 1. The maximum absolute atomic E-state index is 9.24. The molecule has 1 aromatic rings. The molecule has 0 amide bonds. The Morgan fingerprint density at radius 2 is 2.41 bits per heavy atom. The van der Waals surface area contributed by atoms with Crippen molar-refractivity contribution >= 4 is 27.6 Å². The largest absolute Gasteiger partial charge is 0.396 e. The molecule has 2 N–H and O–H groups in total. The lowest BCUT2D eigenvalue weighted by Gasteiger charge is -2.33. The average Bonchev–Trinajstić information content (AvgIpc) is 2.39. The molecule has 1 aromatic heterocycles. The molecule has 0 aromatic carbocycles. The molecule has 0 bridgehead atoms. The van der Waals surface area contributed by atoms with Crippen LogP contribution in [-0.2, 0) is 0 Å². The summed E-state index contributed by atoms with van der Waals surface area (Å²) in [5.41, 5.74) is 0. The molecule has 0 saturated carbocycles. The van der Waals surface area contributed by atoms with Gasteiger partial charge in [0.05, 0.1) is 0 Å². The normalized spacial score (nSPS) is 20.4. The predicted molar refractivity (Wildman–Crippen MR) is 71.3 cm³/mol. The van der Waals surface area contributed by atoms with Gasteiger partial charge in [0.1, 0.15) is 22.4 Å². The summed E-state index contributed by atoms with van der Waals surface area (Å²) in [4.78, 5) is 10.7. The van der Waals surface area contributed by atoms with Gasteiger partial charge in [0, 0.05) is 26.7 Å². The van der Waals surface area contributed by atoms with Crippen molar-refractivity contribution in [1.82, 2.24) is 9.97 Å². The Balaban J connectivity index is 2.21. The topological polar surface area (TPSA) is 61.3 Å². The number of aromatic nitrogens is 2. The average molecular weight is 301 g/mol. The molecule has 2 heterocycles. The van der Waals surface area contributed by atoms with Crippen LogP contribution in [0.15, 0.2) is 10.8 Å². The van der Waals surface area contributed by atoms with E-state index in [1.165, 1.54) is 0 Å². The zero-order valence-electron chi connectivity index (χ0n) is 9.86. The Bertz CT molecular complexity index is 388. The molecule has 1 atom stereocenters. The van der Waals surface area contributed by atoms with Crippen LogP contribution in [0.2, 0.25) is 0 Å². The van der Waals surface area contributed by atoms with Crippen molar-refractivity contribution in [3.05, 3.63) is 10.8 Å². The van der Waals surface area contributed by atoms with Gasteiger partial charge in [-0.3, -0.25) is 0 Å². The molecule has 2 rings (SSSR count). The summed E-state index contributed by atoms with van der Waals surface area (Å²) in [5.74, 6) is 2.05. The van der Waals surface area contributed by atoms with E-state index in [1.807, 2.05) is 7.05 Å². The summed E-state index contributed by atoms with van der Waals surface area (Å²) >= 11 is 3.53. The molecule has 0 spiro atoms. The van der Waals surface area contributed by atoms with Crippen LogP contribution >= 0.6 is 15.9 Å². The SMILES string of the molecule is CNc1ncnc(N2CCCC(CO)C2)c1Br. The number of nitrogens with zero attached hydrogens (tertiary/aromatic N) is 3. The molecule has 1 aliphatic rings. The first-order valence-electron chi connectivity index (χ1n) is 5.80. The van der Waals surface area contributed by atoms with Gasteiger partial charge in [-0.05, 0) is 34.7 Å². The first-order valence-corrected chi connectivity index (χ1v) is 6.59. The van der Waals surface area contributed by atoms with Crippen LogP contribution in [0.3, 0.4) is 0 Å². The van der Waals surface area contributed by atoms with Crippen LogP contribution in [0, 0.1) is 5.92 Å². The van der Waals surface area contributed by atoms with Crippen molar-refractivity contribution < 1.29 is 5.11 Å². The maximum atomic E-state index is 9.24. The zero-order chi connectivity index (χ0) is 12.3. The van der Waals surface area contributed by atoms with Crippen LogP contribution in [0.4, 0.5) is 11.6 Å². The van der Waals surface area contributed by atoms with Gasteiger partial charge in [0.25, 0.3) is 0 Å². The summed E-state index contributed by atoms with van der Waals surface area (Å²) < 4.78 is 0.890. The number of hydrogen-bond acceptors (Lipinski definition) is 5. The lowest BCUT2D eigenvalue weighted by atomic mass is 9.99. The molecule has 1 saturated heterocycles. The summed E-state index contributed by atoms with van der Waals surface area (Å²) in [6.45, 7) is 2.09. The summed E-state index contributed by atoms with van der Waals surface area (Å²) in [6.07, 6.45) is 3.75. The molecule has 94 valence electrons. The smallest absolute Gasteiger partial charge is 0.148 e. The van der Waals surface area contributed by atoms with Gasteiger partial charge in [0.15, 0.2) is 0 Å². The summed E-state index contributed by atoms with van der Waals surface area (Å²) in [6, 6.07) is 0. The lowest BCUT2D eigenvalue weighted by molar-refractivity contribution is 0.208. The van der Waals surface area contributed by atoms with Crippen molar-refractivity contribution in [3.8, 4) is 0 Å². The van der Waals surface area contributed by atoms with Gasteiger partial charge in [-0.25, -0.2) is 9.97 Å². The Morgan fingerprint density at radius 3 is 3.12 bits per heavy atom. The molecule has 1 unspecified atom stereocenters. The van der Waals surface area contributed by atoms with Crippen LogP contribution in [0.1, 0.15) is 12.8 Å². The van der Waals surface area contributed by atoms with Crippen molar-refractivity contribution in [1.29, 1.82) is 0 Å². The standard InChI is InChI=1S/C11H17BrN4O/c1-13-10-9(12)11(15-7-14-10)16-4-2-3-8(5-16)6-17/h7-8,17H,2-6H2,1H3,(H,13,14,15). The van der Waals surface area contributed by atoms with Crippen molar-refractivity contribution in [3.63, 3.8) is 0 Å². The van der Waals surface area contributed by atoms with E-state index in [-0.39, 0.29) is 6.61 Å². The van der Waals surface area contributed by atoms with Gasteiger partial charge >= 0.3 is 0 Å². The second-order valence-electron chi connectivity index (χ2n) is 4.25. The molecule has 0 aliphatic carbocycles. The quantitative estimate of drug-likeness (QED) is 0.886. The Hall–Kier alpha value is -0.880. The van der Waals surface area contributed by atoms with E-state index < -0.39 is 0 Å². The van der Waals surface area contributed by atoms with E-state index in [0.717, 1.165) is 42.0 Å². The van der Waals surface area contributed by atoms with E-state index >= 15 is 0 Å². The van der Waals surface area contributed by atoms with E-state index in [4.69, 9.17) is 0 Å². The Labute approximate surface area is 109 Å². The minimum absolute atomic E-state index is 0.248. The molecule has 5 nitrogen and oxygen atoms in total. The first kappa shape index (κ1) is 12.6. The number of halogens is 1. The summed E-state index contributed by atoms with van der Waals surface area (Å²) in [7, 11) is 1.84. The van der Waals surface area contributed by atoms with Crippen LogP contribution in [0.25, 0.3) is 0 Å². The van der Waals surface area contributed by atoms with E-state index in [1.54, 1.807) is 6.33 Å². The van der Waals surface area contributed by atoms with Gasteiger partial charge in [-0.1, -0.05) is 0 Å². The van der Waals surface area contributed by atoms with E-state index in [0.29, 0.717) is 5.92 Å². The second-order valence-corrected chi connectivity index (χ2v) is 5.04. The Morgan fingerprint density at radius 1 is 1.59 bits per heavy atom. The molecular weight excluding hydrogens is 284 g/mol. The third kappa shape index (κ3) is 2.69. The van der Waals surface area contributed by atoms with Crippen LogP contribution in [-0.4, -0.2) is 41.8 Å². The van der Waals surface area contributed by atoms with Gasteiger partial charge in [0.2, 0.25) is 0 Å². The molecule has 0 radical (unpaired) electrons. The highest BCUT2D eigenvalue weighted by atomic mass is 79.9. The maximum Gasteiger partial charge on any atom is 0.148 e. The number of aliphatic hydroxyl groups excluding tert-OH is 1. The number of rotatable bonds is 3. The van der Waals surface area contributed by atoms with Crippen molar-refractivity contribution in [2.45, 2.75) is 12.8 Å². The van der Waals surface area contributed by atoms with Gasteiger partial charge < -0.3 is 15.3 Å². The highest BCUT2D eigenvalue weighted by Crippen LogP contribution is 2.31. The zero-order valence-corrected chi connectivity index (χ0v) is 11.4. The van der Waals surface area contributed by atoms with E-state index in [2.05, 4.69) is 36.1 Å². The minimum Gasteiger partial charge on any atom is -0.396 e. The first-order chi connectivity index (χ1) is 8.26. The summed E-state index contributed by atoms with van der Waals surface area (Å²) in [5, 5.41) is 12.3. The number of nitrogens with one attached hydrogen (secondary N) is 1. The number of anilines is 2. The predicted octanol–water partition coefficient (Wildman–Crippen LogP) is 1.49. The highest BCUT2D eigenvalue weighted by Gasteiger charge is 2.22. The monoisotopic (exact) mass is 300 g/mol. The highest BCUT2D eigenvalue weighted by molar-refractivity contribution is 9.10. The van der Waals surface area contributed by atoms with E-state index in [9.17, 15) is 5.11 Å². The number of aliphatic hydroxyl groups is 1. The second kappa shape index (κ2) is 5.64. The van der Waals surface area contributed by atoms with Gasteiger partial charge in [-0.2, -0.15) is 0 Å². The Kier molecular flexibility index (Phi) is 4.17. The third-order valence-electron chi connectivity index (χ3n) is 3.08. The van der Waals surface area contributed by atoms with Crippen molar-refractivity contribution in [2.75, 3.05) is 37.0 Å².